The first-order chi connectivity index (χ1) is 8.97. The molecule has 1 aliphatic rings. The second kappa shape index (κ2) is 5.65. The number of carboxylic acid groups (broad SMARTS) is 1. The van der Waals surface area contributed by atoms with Gasteiger partial charge in [0.15, 0.2) is 0 Å². The van der Waals surface area contributed by atoms with E-state index < -0.39 is 5.97 Å². The van der Waals surface area contributed by atoms with E-state index in [9.17, 15) is 9.90 Å². The molecule has 1 aromatic heterocycles. The first kappa shape index (κ1) is 13.9. The zero-order valence-corrected chi connectivity index (χ0v) is 11.7. The third kappa shape index (κ3) is 3.29. The summed E-state index contributed by atoms with van der Waals surface area (Å²) in [6, 6.07) is 0. The van der Waals surface area contributed by atoms with Crippen molar-refractivity contribution in [3.63, 3.8) is 0 Å². The number of aryl methyl sites for hydroxylation is 1. The van der Waals surface area contributed by atoms with Gasteiger partial charge in [0.1, 0.15) is 0 Å². The van der Waals surface area contributed by atoms with E-state index in [2.05, 4.69) is 28.7 Å². The van der Waals surface area contributed by atoms with E-state index in [0.29, 0.717) is 19.0 Å². The molecule has 1 aromatic rings. The molecule has 0 saturated carbocycles. The topological polar surface area (TPSA) is 66.3 Å². The molecule has 5 nitrogen and oxygen atoms in total. The van der Waals surface area contributed by atoms with E-state index >= 15 is 0 Å². The molecule has 0 radical (unpaired) electrons. The molecule has 0 bridgehead atoms. The van der Waals surface area contributed by atoms with Crippen LogP contribution in [0.5, 0.6) is 0 Å². The SMILES string of the molecule is Cc1cnc(CN2C[C@H](C(=O)O)[C@@H](C(C)C)C2)cn1. The second-order valence-corrected chi connectivity index (χ2v) is 5.70. The molecule has 1 aliphatic heterocycles. The molecular weight excluding hydrogens is 242 g/mol. The van der Waals surface area contributed by atoms with Gasteiger partial charge in [0.05, 0.1) is 17.3 Å². The lowest BCUT2D eigenvalue weighted by Gasteiger charge is -2.18. The van der Waals surface area contributed by atoms with Gasteiger partial charge in [-0.15, -0.1) is 0 Å². The molecule has 5 heteroatoms. The minimum atomic E-state index is -0.684. The van der Waals surface area contributed by atoms with Crippen molar-refractivity contribution in [3.8, 4) is 0 Å². The first-order valence-electron chi connectivity index (χ1n) is 6.70. The van der Waals surface area contributed by atoms with Crippen LogP contribution in [0.2, 0.25) is 0 Å². The van der Waals surface area contributed by atoms with Gasteiger partial charge in [-0.2, -0.15) is 0 Å². The zero-order chi connectivity index (χ0) is 14.0. The van der Waals surface area contributed by atoms with Crippen LogP contribution in [0.25, 0.3) is 0 Å². The van der Waals surface area contributed by atoms with Crippen LogP contribution in [0.15, 0.2) is 12.4 Å². The van der Waals surface area contributed by atoms with Crippen LogP contribution in [-0.2, 0) is 11.3 Å². The summed E-state index contributed by atoms with van der Waals surface area (Å²) >= 11 is 0. The predicted molar refractivity (Wildman–Crippen MR) is 71.5 cm³/mol. The van der Waals surface area contributed by atoms with Crippen LogP contribution in [-0.4, -0.2) is 39.0 Å². The molecular formula is C14H21N3O2. The Hall–Kier alpha value is -1.49. The zero-order valence-electron chi connectivity index (χ0n) is 11.7. The van der Waals surface area contributed by atoms with Gasteiger partial charge in [-0.1, -0.05) is 13.8 Å². The molecule has 0 amide bonds. The van der Waals surface area contributed by atoms with Crippen molar-refractivity contribution in [2.45, 2.75) is 27.3 Å². The Bertz CT molecular complexity index is 445. The molecule has 0 spiro atoms. The van der Waals surface area contributed by atoms with Gasteiger partial charge in [-0.05, 0) is 18.8 Å². The summed E-state index contributed by atoms with van der Waals surface area (Å²) in [4.78, 5) is 22.0. The lowest BCUT2D eigenvalue weighted by molar-refractivity contribution is -0.143. The highest BCUT2D eigenvalue weighted by Crippen LogP contribution is 2.30. The van der Waals surface area contributed by atoms with Gasteiger partial charge in [-0.25, -0.2) is 0 Å². The number of carboxylic acids is 1. The molecule has 0 aromatic carbocycles. The van der Waals surface area contributed by atoms with E-state index in [1.54, 1.807) is 12.4 Å². The van der Waals surface area contributed by atoms with Gasteiger partial charge >= 0.3 is 5.97 Å². The maximum absolute atomic E-state index is 11.3. The molecule has 19 heavy (non-hydrogen) atoms. The van der Waals surface area contributed by atoms with Crippen LogP contribution in [0.1, 0.15) is 25.2 Å². The molecule has 1 saturated heterocycles. The summed E-state index contributed by atoms with van der Waals surface area (Å²) in [5.41, 5.74) is 1.80. The number of aromatic nitrogens is 2. The van der Waals surface area contributed by atoms with E-state index in [1.807, 2.05) is 6.92 Å². The number of rotatable bonds is 4. The van der Waals surface area contributed by atoms with E-state index in [1.165, 1.54) is 0 Å². The standard InChI is InChI=1S/C14H21N3O2/c1-9(2)12-7-17(8-13(12)14(18)19)6-11-5-15-10(3)4-16-11/h4-5,9,12-13H,6-8H2,1-3H3,(H,18,19)/t12-,13+/m1/s1. The number of nitrogens with zero attached hydrogens (tertiary/aromatic N) is 3. The number of carbonyl (C=O) groups is 1. The molecule has 2 atom stereocenters. The van der Waals surface area contributed by atoms with Crippen molar-refractivity contribution in [3.05, 3.63) is 23.8 Å². The maximum atomic E-state index is 11.3. The Kier molecular flexibility index (Phi) is 4.14. The van der Waals surface area contributed by atoms with Crippen LogP contribution in [0, 0.1) is 24.7 Å². The summed E-state index contributed by atoms with van der Waals surface area (Å²) in [5.74, 6) is -0.347. The lowest BCUT2D eigenvalue weighted by Crippen LogP contribution is -2.25. The number of hydrogen-bond acceptors (Lipinski definition) is 4. The first-order valence-corrected chi connectivity index (χ1v) is 6.70. The maximum Gasteiger partial charge on any atom is 0.308 e. The van der Waals surface area contributed by atoms with Gasteiger partial charge in [0.25, 0.3) is 0 Å². The highest BCUT2D eigenvalue weighted by atomic mass is 16.4. The highest BCUT2D eigenvalue weighted by Gasteiger charge is 2.39. The van der Waals surface area contributed by atoms with Gasteiger partial charge in [-0.3, -0.25) is 19.7 Å². The van der Waals surface area contributed by atoms with Gasteiger partial charge < -0.3 is 5.11 Å². The smallest absolute Gasteiger partial charge is 0.308 e. The molecule has 104 valence electrons. The van der Waals surface area contributed by atoms with E-state index in [-0.39, 0.29) is 11.8 Å². The quantitative estimate of drug-likeness (QED) is 0.893. The normalized spacial score (nSPS) is 24.0. The summed E-state index contributed by atoms with van der Waals surface area (Å²) in [7, 11) is 0. The van der Waals surface area contributed by atoms with Crippen LogP contribution >= 0.6 is 0 Å². The van der Waals surface area contributed by atoms with Crippen molar-refractivity contribution in [1.29, 1.82) is 0 Å². The summed E-state index contributed by atoms with van der Waals surface area (Å²) < 4.78 is 0. The minimum absolute atomic E-state index is 0.218. The van der Waals surface area contributed by atoms with Crippen LogP contribution < -0.4 is 0 Å². The predicted octanol–water partition coefficient (Wildman–Crippen LogP) is 1.57. The third-order valence-electron chi connectivity index (χ3n) is 3.83. The molecule has 1 N–H and O–H groups in total. The van der Waals surface area contributed by atoms with Gasteiger partial charge in [0.2, 0.25) is 0 Å². The van der Waals surface area contributed by atoms with Crippen molar-refractivity contribution < 1.29 is 9.90 Å². The third-order valence-corrected chi connectivity index (χ3v) is 3.83. The summed E-state index contributed by atoms with van der Waals surface area (Å²) in [6.07, 6.45) is 3.52. The number of likely N-dealkylation sites (tertiary alicyclic amines) is 1. The Labute approximate surface area is 113 Å². The van der Waals surface area contributed by atoms with E-state index in [4.69, 9.17) is 0 Å². The van der Waals surface area contributed by atoms with Crippen molar-refractivity contribution in [1.82, 2.24) is 14.9 Å². The van der Waals surface area contributed by atoms with E-state index in [0.717, 1.165) is 17.9 Å². The monoisotopic (exact) mass is 263 g/mol. The van der Waals surface area contributed by atoms with Crippen molar-refractivity contribution in [2.24, 2.45) is 17.8 Å². The Morgan fingerprint density at radius 2 is 2.16 bits per heavy atom. The van der Waals surface area contributed by atoms with Crippen molar-refractivity contribution >= 4 is 5.97 Å². The fourth-order valence-electron chi connectivity index (χ4n) is 2.71. The largest absolute Gasteiger partial charge is 0.481 e. The van der Waals surface area contributed by atoms with Crippen molar-refractivity contribution in [2.75, 3.05) is 13.1 Å². The fourth-order valence-corrected chi connectivity index (χ4v) is 2.71. The Morgan fingerprint density at radius 3 is 2.63 bits per heavy atom. The summed E-state index contributed by atoms with van der Waals surface area (Å²) in [5, 5.41) is 9.30. The number of hydrogen-bond donors (Lipinski definition) is 1. The molecule has 0 aliphatic carbocycles. The van der Waals surface area contributed by atoms with Gasteiger partial charge in [0, 0.05) is 32.0 Å². The number of aliphatic carboxylic acids is 1. The molecule has 2 heterocycles. The minimum Gasteiger partial charge on any atom is -0.481 e. The average molecular weight is 263 g/mol. The average Bonchev–Trinajstić information content (AvgIpc) is 2.76. The molecule has 0 unspecified atom stereocenters. The highest BCUT2D eigenvalue weighted by molar-refractivity contribution is 5.71. The fraction of sp³-hybridized carbons (Fsp3) is 0.643. The second-order valence-electron chi connectivity index (χ2n) is 5.70. The Morgan fingerprint density at radius 1 is 1.42 bits per heavy atom. The lowest BCUT2D eigenvalue weighted by atomic mass is 9.86. The Balaban J connectivity index is 2.03. The molecule has 1 fully saturated rings. The molecule has 2 rings (SSSR count). The van der Waals surface area contributed by atoms with Crippen LogP contribution in [0.3, 0.4) is 0 Å². The summed E-state index contributed by atoms with van der Waals surface area (Å²) in [6.45, 7) is 8.20. The van der Waals surface area contributed by atoms with Crippen LogP contribution in [0.4, 0.5) is 0 Å².